The summed E-state index contributed by atoms with van der Waals surface area (Å²) >= 11 is 0. The number of hydrogen-bond acceptors (Lipinski definition) is 5. The second kappa shape index (κ2) is 5.90. The third kappa shape index (κ3) is 3.48. The first-order chi connectivity index (χ1) is 9.19. The normalized spacial score (nSPS) is 10.0. The molecule has 0 radical (unpaired) electrons. The molecule has 6 heteroatoms. The average molecular weight is 257 g/mol. The number of hydrogen-bond donors (Lipinski definition) is 2. The van der Waals surface area contributed by atoms with Crippen LogP contribution in [0, 0.1) is 6.92 Å². The van der Waals surface area contributed by atoms with Crippen molar-refractivity contribution in [1.82, 2.24) is 20.3 Å². The van der Waals surface area contributed by atoms with Gasteiger partial charge in [0.15, 0.2) is 0 Å². The highest BCUT2D eigenvalue weighted by atomic mass is 16.1. The van der Waals surface area contributed by atoms with Gasteiger partial charge in [-0.05, 0) is 19.1 Å². The molecule has 0 aliphatic carbocycles. The van der Waals surface area contributed by atoms with Crippen LogP contribution in [-0.2, 0) is 6.54 Å². The van der Waals surface area contributed by atoms with Crippen LogP contribution in [0.3, 0.4) is 0 Å². The van der Waals surface area contributed by atoms with E-state index in [4.69, 9.17) is 0 Å². The molecule has 0 aliphatic heterocycles. The number of nitrogens with one attached hydrogen (secondary N) is 2. The molecule has 0 aromatic carbocycles. The van der Waals surface area contributed by atoms with E-state index in [-0.39, 0.29) is 5.91 Å². The van der Waals surface area contributed by atoms with E-state index in [1.165, 1.54) is 6.20 Å². The van der Waals surface area contributed by atoms with Gasteiger partial charge in [0.05, 0.1) is 29.7 Å². The van der Waals surface area contributed by atoms with Crippen molar-refractivity contribution in [2.45, 2.75) is 13.5 Å². The number of rotatable bonds is 4. The summed E-state index contributed by atoms with van der Waals surface area (Å²) in [5.41, 5.74) is 2.08. The fraction of sp³-hybridized carbons (Fsp3) is 0.231. The Balaban J connectivity index is 1.95. The number of nitrogens with zero attached hydrogens (tertiary/aromatic N) is 3. The predicted octanol–water partition coefficient (Wildman–Crippen LogP) is 1.15. The first-order valence-corrected chi connectivity index (χ1v) is 5.88. The SMILES string of the molecule is CNc1ccc(C(=O)NCc2cnc(C)cn2)cn1. The van der Waals surface area contributed by atoms with Crippen molar-refractivity contribution in [2.24, 2.45) is 0 Å². The summed E-state index contributed by atoms with van der Waals surface area (Å²) in [6.45, 7) is 2.21. The Hall–Kier alpha value is -2.50. The lowest BCUT2D eigenvalue weighted by Gasteiger charge is -2.05. The van der Waals surface area contributed by atoms with E-state index in [1.54, 1.807) is 31.6 Å². The standard InChI is InChI=1S/C13H15N5O/c1-9-5-16-11(7-15-9)8-18-13(19)10-3-4-12(14-2)17-6-10/h3-7H,8H2,1-2H3,(H,14,17)(H,18,19). The van der Waals surface area contributed by atoms with Crippen molar-refractivity contribution in [3.05, 3.63) is 47.7 Å². The largest absolute Gasteiger partial charge is 0.373 e. The van der Waals surface area contributed by atoms with E-state index in [1.807, 2.05) is 6.92 Å². The molecule has 0 fully saturated rings. The van der Waals surface area contributed by atoms with Gasteiger partial charge in [-0.1, -0.05) is 0 Å². The molecule has 2 N–H and O–H groups in total. The first-order valence-electron chi connectivity index (χ1n) is 5.88. The minimum absolute atomic E-state index is 0.183. The van der Waals surface area contributed by atoms with Crippen LogP contribution in [0.1, 0.15) is 21.7 Å². The number of aryl methyl sites for hydroxylation is 1. The minimum Gasteiger partial charge on any atom is -0.373 e. The Kier molecular flexibility index (Phi) is 4.02. The molecule has 2 heterocycles. The summed E-state index contributed by atoms with van der Waals surface area (Å²) in [4.78, 5) is 24.2. The Labute approximate surface area is 111 Å². The molecule has 0 aliphatic rings. The Morgan fingerprint density at radius 2 is 2.00 bits per heavy atom. The minimum atomic E-state index is -0.183. The van der Waals surface area contributed by atoms with Crippen LogP contribution >= 0.6 is 0 Å². The Morgan fingerprint density at radius 3 is 2.58 bits per heavy atom. The van der Waals surface area contributed by atoms with Crippen LogP contribution in [0.5, 0.6) is 0 Å². The van der Waals surface area contributed by atoms with E-state index < -0.39 is 0 Å². The summed E-state index contributed by atoms with van der Waals surface area (Å²) in [6.07, 6.45) is 4.85. The average Bonchev–Trinajstić information content (AvgIpc) is 2.46. The number of aromatic nitrogens is 3. The van der Waals surface area contributed by atoms with E-state index in [2.05, 4.69) is 25.6 Å². The summed E-state index contributed by atoms with van der Waals surface area (Å²) in [5.74, 6) is 0.540. The molecule has 19 heavy (non-hydrogen) atoms. The van der Waals surface area contributed by atoms with Crippen molar-refractivity contribution in [1.29, 1.82) is 0 Å². The molecule has 98 valence electrons. The molecule has 2 rings (SSSR count). The van der Waals surface area contributed by atoms with Crippen molar-refractivity contribution in [3.63, 3.8) is 0 Å². The molecule has 2 aromatic heterocycles. The zero-order chi connectivity index (χ0) is 13.7. The lowest BCUT2D eigenvalue weighted by atomic mass is 10.2. The third-order valence-electron chi connectivity index (χ3n) is 2.55. The molecular formula is C13H15N5O. The van der Waals surface area contributed by atoms with Gasteiger partial charge in [0.25, 0.3) is 5.91 Å². The van der Waals surface area contributed by atoms with Gasteiger partial charge >= 0.3 is 0 Å². The van der Waals surface area contributed by atoms with E-state index >= 15 is 0 Å². The summed E-state index contributed by atoms with van der Waals surface area (Å²) in [5, 5.41) is 5.67. The molecule has 6 nitrogen and oxygen atoms in total. The fourth-order valence-corrected chi connectivity index (χ4v) is 1.46. The molecule has 0 saturated carbocycles. The lowest BCUT2D eigenvalue weighted by Crippen LogP contribution is -2.23. The zero-order valence-corrected chi connectivity index (χ0v) is 10.8. The Bertz CT molecular complexity index is 550. The Morgan fingerprint density at radius 1 is 1.16 bits per heavy atom. The summed E-state index contributed by atoms with van der Waals surface area (Å²) < 4.78 is 0. The number of carbonyl (C=O) groups excluding carboxylic acids is 1. The second-order valence-electron chi connectivity index (χ2n) is 4.01. The first kappa shape index (κ1) is 12.9. The van der Waals surface area contributed by atoms with Crippen molar-refractivity contribution in [3.8, 4) is 0 Å². The highest BCUT2D eigenvalue weighted by Crippen LogP contribution is 2.04. The topological polar surface area (TPSA) is 79.8 Å². The monoisotopic (exact) mass is 257 g/mol. The van der Waals surface area contributed by atoms with Crippen LogP contribution in [0.2, 0.25) is 0 Å². The maximum atomic E-state index is 11.9. The van der Waals surface area contributed by atoms with Gasteiger partial charge in [0, 0.05) is 19.4 Å². The van der Waals surface area contributed by atoms with Gasteiger partial charge in [-0.15, -0.1) is 0 Å². The highest BCUT2D eigenvalue weighted by Gasteiger charge is 2.06. The molecule has 1 amide bonds. The molecular weight excluding hydrogens is 242 g/mol. The van der Waals surface area contributed by atoms with Gasteiger partial charge in [-0.25, -0.2) is 4.98 Å². The van der Waals surface area contributed by atoms with Crippen LogP contribution in [0.25, 0.3) is 0 Å². The quantitative estimate of drug-likeness (QED) is 0.859. The number of carbonyl (C=O) groups is 1. The van der Waals surface area contributed by atoms with Gasteiger partial charge in [0.1, 0.15) is 5.82 Å². The van der Waals surface area contributed by atoms with Crippen molar-refractivity contribution in [2.75, 3.05) is 12.4 Å². The molecule has 0 bridgehead atoms. The van der Waals surface area contributed by atoms with Crippen LogP contribution in [0.4, 0.5) is 5.82 Å². The fourth-order valence-electron chi connectivity index (χ4n) is 1.46. The highest BCUT2D eigenvalue weighted by molar-refractivity contribution is 5.93. The summed E-state index contributed by atoms with van der Waals surface area (Å²) in [7, 11) is 1.78. The van der Waals surface area contributed by atoms with Gasteiger partial charge in [0.2, 0.25) is 0 Å². The number of pyridine rings is 1. The maximum absolute atomic E-state index is 11.9. The van der Waals surface area contributed by atoms with E-state index in [0.29, 0.717) is 12.1 Å². The van der Waals surface area contributed by atoms with Crippen LogP contribution < -0.4 is 10.6 Å². The molecule has 0 spiro atoms. The van der Waals surface area contributed by atoms with Crippen LogP contribution in [0.15, 0.2) is 30.7 Å². The molecule has 0 unspecified atom stereocenters. The number of amides is 1. The van der Waals surface area contributed by atoms with Gasteiger partial charge < -0.3 is 10.6 Å². The van der Waals surface area contributed by atoms with Crippen molar-refractivity contribution < 1.29 is 4.79 Å². The van der Waals surface area contributed by atoms with Crippen LogP contribution in [-0.4, -0.2) is 27.9 Å². The number of anilines is 1. The molecule has 2 aromatic rings. The molecule has 0 atom stereocenters. The smallest absolute Gasteiger partial charge is 0.253 e. The third-order valence-corrected chi connectivity index (χ3v) is 2.55. The summed E-state index contributed by atoms with van der Waals surface area (Å²) in [6, 6.07) is 3.47. The lowest BCUT2D eigenvalue weighted by molar-refractivity contribution is 0.0950. The van der Waals surface area contributed by atoms with E-state index in [0.717, 1.165) is 17.2 Å². The van der Waals surface area contributed by atoms with Gasteiger partial charge in [-0.2, -0.15) is 0 Å². The predicted molar refractivity (Wildman–Crippen MR) is 71.7 cm³/mol. The van der Waals surface area contributed by atoms with Crippen molar-refractivity contribution >= 4 is 11.7 Å². The van der Waals surface area contributed by atoms with E-state index in [9.17, 15) is 4.79 Å². The second-order valence-corrected chi connectivity index (χ2v) is 4.01. The molecule has 0 saturated heterocycles. The maximum Gasteiger partial charge on any atom is 0.253 e. The zero-order valence-electron chi connectivity index (χ0n) is 10.8. The van der Waals surface area contributed by atoms with Gasteiger partial charge in [-0.3, -0.25) is 14.8 Å².